The zero-order valence-corrected chi connectivity index (χ0v) is 20.1. The van der Waals surface area contributed by atoms with E-state index in [0.717, 1.165) is 38.8 Å². The number of amides is 3. The Morgan fingerprint density at radius 2 is 1.72 bits per heavy atom. The van der Waals surface area contributed by atoms with Gasteiger partial charge in [0.15, 0.2) is 11.6 Å². The molecule has 0 bridgehead atoms. The van der Waals surface area contributed by atoms with Gasteiger partial charge < -0.3 is 9.64 Å². The molecule has 0 radical (unpaired) electrons. The molecule has 2 saturated heterocycles. The standard InChI is InChI=1S/C28H30FN3O4/c29-26-20-16-32(22-11-13-25(33)30-27(22)34)28(35)19(20)10-12-24(26)36-23-9-5-4-8-21(23)31-14-18(15-31)17-6-2-1-3-7-17/h1-3,6-7,10,12,18,21-23H,4-5,8-9,11,13-16H2,(H,30,33,34)/t21-,22+,23+/m1/s1. The van der Waals surface area contributed by atoms with E-state index < -0.39 is 17.8 Å². The maximum atomic E-state index is 15.6. The summed E-state index contributed by atoms with van der Waals surface area (Å²) in [6, 6.07) is 13.2. The van der Waals surface area contributed by atoms with Gasteiger partial charge in [-0.15, -0.1) is 0 Å². The van der Waals surface area contributed by atoms with Crippen LogP contribution in [0.25, 0.3) is 0 Å². The molecule has 0 spiro atoms. The maximum Gasteiger partial charge on any atom is 0.255 e. The van der Waals surface area contributed by atoms with Crippen LogP contribution in [0.15, 0.2) is 42.5 Å². The molecular weight excluding hydrogens is 461 g/mol. The molecule has 3 aliphatic heterocycles. The van der Waals surface area contributed by atoms with Crippen molar-refractivity contribution in [3.8, 4) is 5.75 Å². The summed E-state index contributed by atoms with van der Waals surface area (Å²) in [6.45, 7) is 1.97. The fraction of sp³-hybridized carbons (Fsp3) is 0.464. The van der Waals surface area contributed by atoms with Crippen LogP contribution in [0.4, 0.5) is 4.39 Å². The lowest BCUT2D eigenvalue weighted by Gasteiger charge is -2.48. The molecule has 3 amide bonds. The number of carbonyl (C=O) groups excluding carboxylic acids is 3. The molecule has 2 aromatic carbocycles. The van der Waals surface area contributed by atoms with Crippen molar-refractivity contribution >= 4 is 17.7 Å². The van der Waals surface area contributed by atoms with E-state index in [1.165, 1.54) is 10.5 Å². The van der Waals surface area contributed by atoms with Crippen LogP contribution in [0, 0.1) is 5.82 Å². The summed E-state index contributed by atoms with van der Waals surface area (Å²) in [5.74, 6) is -1.06. The second-order valence-electron chi connectivity index (χ2n) is 10.4. The minimum absolute atomic E-state index is 0.00243. The summed E-state index contributed by atoms with van der Waals surface area (Å²) in [7, 11) is 0. The first-order valence-electron chi connectivity index (χ1n) is 12.9. The van der Waals surface area contributed by atoms with Gasteiger partial charge in [0.25, 0.3) is 5.91 Å². The van der Waals surface area contributed by atoms with E-state index in [-0.39, 0.29) is 60.2 Å². The van der Waals surface area contributed by atoms with Crippen LogP contribution >= 0.6 is 0 Å². The van der Waals surface area contributed by atoms with Crippen LogP contribution in [0.2, 0.25) is 0 Å². The lowest BCUT2D eigenvalue weighted by molar-refractivity contribution is -0.136. The van der Waals surface area contributed by atoms with Crippen LogP contribution < -0.4 is 10.1 Å². The van der Waals surface area contributed by atoms with E-state index in [1.54, 1.807) is 12.1 Å². The monoisotopic (exact) mass is 491 g/mol. The van der Waals surface area contributed by atoms with Crippen molar-refractivity contribution in [2.45, 2.75) is 69.2 Å². The Morgan fingerprint density at radius 1 is 0.944 bits per heavy atom. The Bertz CT molecular complexity index is 1200. The summed E-state index contributed by atoms with van der Waals surface area (Å²) >= 11 is 0. The largest absolute Gasteiger partial charge is 0.486 e. The Kier molecular flexibility index (Phi) is 5.99. The number of nitrogens with zero attached hydrogens (tertiary/aromatic N) is 2. The Morgan fingerprint density at radius 3 is 2.50 bits per heavy atom. The van der Waals surface area contributed by atoms with Gasteiger partial charge in [-0.25, -0.2) is 4.39 Å². The first-order chi connectivity index (χ1) is 17.5. The van der Waals surface area contributed by atoms with Gasteiger partial charge >= 0.3 is 0 Å². The number of imide groups is 1. The molecule has 0 unspecified atom stereocenters. The average molecular weight is 492 g/mol. The molecular formula is C28H30FN3O4. The number of rotatable bonds is 5. The molecule has 3 fully saturated rings. The molecule has 188 valence electrons. The quantitative estimate of drug-likeness (QED) is 0.649. The second kappa shape index (κ2) is 9.32. The average Bonchev–Trinajstić information content (AvgIpc) is 3.18. The lowest BCUT2D eigenvalue weighted by Crippen LogP contribution is -2.57. The summed E-state index contributed by atoms with van der Waals surface area (Å²) in [5.41, 5.74) is 1.89. The molecule has 3 heterocycles. The highest BCUT2D eigenvalue weighted by molar-refractivity contribution is 6.05. The van der Waals surface area contributed by atoms with Crippen LogP contribution in [-0.2, 0) is 16.1 Å². The van der Waals surface area contributed by atoms with E-state index in [1.807, 2.05) is 6.07 Å². The van der Waals surface area contributed by atoms with Gasteiger partial charge in [-0.3, -0.25) is 24.6 Å². The van der Waals surface area contributed by atoms with E-state index in [9.17, 15) is 14.4 Å². The van der Waals surface area contributed by atoms with Crippen molar-refractivity contribution in [1.29, 1.82) is 0 Å². The number of benzene rings is 2. The molecule has 0 aromatic heterocycles. The van der Waals surface area contributed by atoms with Crippen molar-refractivity contribution in [2.24, 2.45) is 0 Å². The molecule has 4 aliphatic rings. The zero-order chi connectivity index (χ0) is 24.8. The first-order valence-corrected chi connectivity index (χ1v) is 12.9. The highest BCUT2D eigenvalue weighted by atomic mass is 19.1. The number of halogens is 1. The normalized spacial score (nSPS) is 27.0. The van der Waals surface area contributed by atoms with Gasteiger partial charge in [0.2, 0.25) is 11.8 Å². The van der Waals surface area contributed by atoms with Crippen molar-refractivity contribution < 1.29 is 23.5 Å². The van der Waals surface area contributed by atoms with Gasteiger partial charge in [-0.2, -0.15) is 0 Å². The minimum atomic E-state index is -0.766. The van der Waals surface area contributed by atoms with Gasteiger partial charge in [0.1, 0.15) is 12.1 Å². The van der Waals surface area contributed by atoms with Crippen molar-refractivity contribution in [2.75, 3.05) is 13.1 Å². The van der Waals surface area contributed by atoms with Gasteiger partial charge in [0, 0.05) is 42.6 Å². The second-order valence-corrected chi connectivity index (χ2v) is 10.4. The van der Waals surface area contributed by atoms with E-state index in [4.69, 9.17) is 4.74 Å². The third-order valence-corrected chi connectivity index (χ3v) is 8.21. The fourth-order valence-electron chi connectivity index (χ4n) is 6.19. The van der Waals surface area contributed by atoms with Crippen LogP contribution in [0.1, 0.15) is 65.9 Å². The third-order valence-electron chi connectivity index (χ3n) is 8.21. The van der Waals surface area contributed by atoms with Crippen molar-refractivity contribution in [3.05, 3.63) is 65.0 Å². The van der Waals surface area contributed by atoms with E-state index in [2.05, 4.69) is 34.5 Å². The molecule has 6 rings (SSSR count). The van der Waals surface area contributed by atoms with Gasteiger partial charge in [-0.1, -0.05) is 36.8 Å². The number of hydrogen-bond acceptors (Lipinski definition) is 5. The molecule has 1 N–H and O–H groups in total. The van der Waals surface area contributed by atoms with E-state index in [0.29, 0.717) is 5.92 Å². The highest BCUT2D eigenvalue weighted by Gasteiger charge is 2.42. The maximum absolute atomic E-state index is 15.6. The number of piperidine rings is 1. The van der Waals surface area contributed by atoms with Gasteiger partial charge in [0.05, 0.1) is 6.54 Å². The minimum Gasteiger partial charge on any atom is -0.486 e. The van der Waals surface area contributed by atoms with Crippen molar-refractivity contribution in [3.63, 3.8) is 0 Å². The number of ether oxygens (including phenoxy) is 1. The smallest absolute Gasteiger partial charge is 0.255 e. The number of fused-ring (bicyclic) bond motifs is 1. The number of carbonyl (C=O) groups is 3. The number of hydrogen-bond donors (Lipinski definition) is 1. The Hall–Kier alpha value is -3.26. The lowest BCUT2D eigenvalue weighted by atomic mass is 9.84. The molecule has 36 heavy (non-hydrogen) atoms. The zero-order valence-electron chi connectivity index (χ0n) is 20.1. The summed E-state index contributed by atoms with van der Waals surface area (Å²) in [5, 5.41) is 2.28. The highest BCUT2D eigenvalue weighted by Crippen LogP contribution is 2.38. The van der Waals surface area contributed by atoms with Crippen LogP contribution in [0.3, 0.4) is 0 Å². The molecule has 7 nitrogen and oxygen atoms in total. The number of likely N-dealkylation sites (tertiary alicyclic amines) is 1. The molecule has 2 aromatic rings. The van der Waals surface area contributed by atoms with Crippen LogP contribution in [0.5, 0.6) is 5.75 Å². The topological polar surface area (TPSA) is 79.0 Å². The number of nitrogens with one attached hydrogen (secondary N) is 1. The van der Waals surface area contributed by atoms with Crippen molar-refractivity contribution in [1.82, 2.24) is 15.1 Å². The molecule has 1 saturated carbocycles. The predicted octanol–water partition coefficient (Wildman–Crippen LogP) is 3.38. The molecule has 3 atom stereocenters. The van der Waals surface area contributed by atoms with Crippen LogP contribution in [-0.4, -0.2) is 58.8 Å². The predicted molar refractivity (Wildman–Crippen MR) is 130 cm³/mol. The fourth-order valence-corrected chi connectivity index (χ4v) is 6.19. The Balaban J connectivity index is 1.16. The third kappa shape index (κ3) is 4.07. The van der Waals surface area contributed by atoms with E-state index >= 15 is 4.39 Å². The summed E-state index contributed by atoms with van der Waals surface area (Å²) < 4.78 is 21.9. The van der Waals surface area contributed by atoms with Gasteiger partial charge in [-0.05, 0) is 43.4 Å². The summed E-state index contributed by atoms with van der Waals surface area (Å²) in [4.78, 5) is 40.6. The molecule has 1 aliphatic carbocycles. The molecule has 8 heteroatoms. The summed E-state index contributed by atoms with van der Waals surface area (Å²) in [6.07, 6.45) is 4.39. The SMILES string of the molecule is O=C1CC[C@H](N2Cc3c(ccc(O[C@H]4CCCC[C@H]4N4CC(c5ccccc5)C4)c3F)C2=O)C(=O)N1. The first kappa shape index (κ1) is 23.2. The Labute approximate surface area is 209 Å².